The summed E-state index contributed by atoms with van der Waals surface area (Å²) in [6.07, 6.45) is 3.69. The summed E-state index contributed by atoms with van der Waals surface area (Å²) in [6.45, 7) is 3.88. The van der Waals surface area contributed by atoms with Gasteiger partial charge < -0.3 is 14.7 Å². The molecular formula is C29H31NO3S. The van der Waals surface area contributed by atoms with E-state index in [2.05, 4.69) is 53.4 Å². The molecule has 2 aliphatic heterocycles. The Morgan fingerprint density at radius 1 is 0.971 bits per heavy atom. The minimum atomic E-state index is -0.901. The van der Waals surface area contributed by atoms with E-state index in [0.29, 0.717) is 12.2 Å². The number of fused-ring (bicyclic) bond motifs is 2. The Kier molecular flexibility index (Phi) is 7.21. The number of carbonyl (C=O) groups is 1. The second-order valence-corrected chi connectivity index (χ2v) is 10.5. The van der Waals surface area contributed by atoms with Crippen LogP contribution in [0, 0.1) is 5.92 Å². The predicted octanol–water partition coefficient (Wildman–Crippen LogP) is 6.05. The summed E-state index contributed by atoms with van der Waals surface area (Å²) in [7, 11) is 0. The molecule has 1 saturated heterocycles. The van der Waals surface area contributed by atoms with Crippen molar-refractivity contribution < 1.29 is 14.6 Å². The molecule has 0 bridgehead atoms. The van der Waals surface area contributed by atoms with Crippen molar-refractivity contribution in [2.75, 3.05) is 25.4 Å². The van der Waals surface area contributed by atoms with Gasteiger partial charge in [0.15, 0.2) is 0 Å². The smallest absolute Gasteiger partial charge is 0.335 e. The Balaban J connectivity index is 1.23. The van der Waals surface area contributed by atoms with E-state index in [-0.39, 0.29) is 5.25 Å². The number of nitrogens with zero attached hydrogens (tertiary/aromatic N) is 1. The number of rotatable bonds is 7. The van der Waals surface area contributed by atoms with E-state index in [1.54, 1.807) is 12.1 Å². The first-order valence-electron chi connectivity index (χ1n) is 12.1. The first-order valence-corrected chi connectivity index (χ1v) is 13.2. The van der Waals surface area contributed by atoms with Gasteiger partial charge in [-0.1, -0.05) is 54.6 Å². The van der Waals surface area contributed by atoms with Crippen LogP contribution in [0.2, 0.25) is 0 Å². The Labute approximate surface area is 206 Å². The lowest BCUT2D eigenvalue weighted by Gasteiger charge is -2.32. The number of thioether (sulfide) groups is 1. The van der Waals surface area contributed by atoms with E-state index >= 15 is 0 Å². The Hall–Kier alpha value is -2.76. The zero-order valence-electron chi connectivity index (χ0n) is 19.4. The molecule has 4 nitrogen and oxygen atoms in total. The topological polar surface area (TPSA) is 49.8 Å². The van der Waals surface area contributed by atoms with Crippen LogP contribution in [0.3, 0.4) is 0 Å². The third-order valence-corrected chi connectivity index (χ3v) is 8.29. The number of aromatic carboxylic acids is 1. The van der Waals surface area contributed by atoms with Crippen molar-refractivity contribution in [2.45, 2.75) is 31.1 Å². The van der Waals surface area contributed by atoms with Gasteiger partial charge in [0.1, 0.15) is 12.4 Å². The summed E-state index contributed by atoms with van der Waals surface area (Å²) in [4.78, 5) is 14.2. The summed E-state index contributed by atoms with van der Waals surface area (Å²) < 4.78 is 6.08. The van der Waals surface area contributed by atoms with Gasteiger partial charge in [0.25, 0.3) is 0 Å². The molecule has 0 radical (unpaired) electrons. The third-order valence-electron chi connectivity index (χ3n) is 7.03. The normalized spacial score (nSPS) is 18.4. The number of hydrogen-bond donors (Lipinski definition) is 1. The summed E-state index contributed by atoms with van der Waals surface area (Å²) >= 11 is 1.90. The summed E-state index contributed by atoms with van der Waals surface area (Å²) in [5.41, 5.74) is 5.14. The van der Waals surface area contributed by atoms with E-state index in [4.69, 9.17) is 4.74 Å². The molecule has 3 aromatic carbocycles. The van der Waals surface area contributed by atoms with Crippen molar-refractivity contribution in [3.8, 4) is 5.75 Å². The highest BCUT2D eigenvalue weighted by atomic mass is 32.2. The van der Waals surface area contributed by atoms with Crippen LogP contribution in [0.4, 0.5) is 0 Å². The quantitative estimate of drug-likeness (QED) is 0.452. The maximum atomic E-state index is 11.6. The second-order valence-electron chi connectivity index (χ2n) is 9.27. The molecule has 34 heavy (non-hydrogen) atoms. The maximum Gasteiger partial charge on any atom is 0.335 e. The molecule has 1 fully saturated rings. The third kappa shape index (κ3) is 5.31. The van der Waals surface area contributed by atoms with E-state index in [1.165, 1.54) is 36.0 Å². The number of piperidine rings is 1. The van der Waals surface area contributed by atoms with Gasteiger partial charge >= 0.3 is 5.97 Å². The average Bonchev–Trinajstić information content (AvgIpc) is 3.02. The molecule has 1 N–H and O–H groups in total. The molecule has 2 aliphatic rings. The zero-order valence-corrected chi connectivity index (χ0v) is 20.2. The molecule has 0 spiro atoms. The number of likely N-dealkylation sites (tertiary alicyclic amines) is 1. The standard InChI is InChI=1S/C29H31NO3S/c31-29(32)23-10-11-27-26(19-23)28(25-9-5-4-8-24(25)20-33-27)34-17-16-30-14-12-22(13-15-30)18-21-6-2-1-3-7-21/h1-11,19,22,28H,12-18,20H2,(H,31,32). The van der Waals surface area contributed by atoms with Crippen molar-refractivity contribution in [3.05, 3.63) is 101 Å². The van der Waals surface area contributed by atoms with Gasteiger partial charge in [-0.2, -0.15) is 0 Å². The molecule has 5 rings (SSSR count). The zero-order chi connectivity index (χ0) is 23.3. The van der Waals surface area contributed by atoms with Gasteiger partial charge in [-0.15, -0.1) is 11.8 Å². The van der Waals surface area contributed by atoms with Crippen LogP contribution in [0.5, 0.6) is 5.75 Å². The van der Waals surface area contributed by atoms with Gasteiger partial charge in [-0.3, -0.25) is 0 Å². The van der Waals surface area contributed by atoms with Crippen LogP contribution in [0.25, 0.3) is 0 Å². The number of benzene rings is 3. The van der Waals surface area contributed by atoms with E-state index in [1.807, 2.05) is 23.9 Å². The highest BCUT2D eigenvalue weighted by Gasteiger charge is 2.27. The lowest BCUT2D eigenvalue weighted by Crippen LogP contribution is -2.35. The van der Waals surface area contributed by atoms with Gasteiger partial charge in [-0.05, 0) is 73.2 Å². The molecule has 0 aliphatic carbocycles. The fraction of sp³-hybridized carbons (Fsp3) is 0.345. The molecule has 1 unspecified atom stereocenters. The first-order chi connectivity index (χ1) is 16.7. The van der Waals surface area contributed by atoms with Crippen LogP contribution in [0.1, 0.15) is 50.7 Å². The number of hydrogen-bond acceptors (Lipinski definition) is 4. The highest BCUT2D eigenvalue weighted by molar-refractivity contribution is 7.99. The Morgan fingerprint density at radius 3 is 2.53 bits per heavy atom. The molecule has 0 aromatic heterocycles. The lowest BCUT2D eigenvalue weighted by molar-refractivity contribution is 0.0696. The van der Waals surface area contributed by atoms with Crippen LogP contribution < -0.4 is 4.74 Å². The van der Waals surface area contributed by atoms with Crippen molar-refractivity contribution in [1.82, 2.24) is 4.90 Å². The highest BCUT2D eigenvalue weighted by Crippen LogP contribution is 2.44. The first kappa shape index (κ1) is 23.0. The second kappa shape index (κ2) is 10.7. The molecule has 0 amide bonds. The molecule has 1 atom stereocenters. The van der Waals surface area contributed by atoms with Crippen molar-refractivity contribution in [3.63, 3.8) is 0 Å². The van der Waals surface area contributed by atoms with Crippen LogP contribution >= 0.6 is 11.8 Å². The van der Waals surface area contributed by atoms with Crippen LogP contribution in [0.15, 0.2) is 72.8 Å². The fourth-order valence-electron chi connectivity index (χ4n) is 5.10. The van der Waals surface area contributed by atoms with Gasteiger partial charge in [-0.25, -0.2) is 4.79 Å². The monoisotopic (exact) mass is 473 g/mol. The minimum Gasteiger partial charge on any atom is -0.489 e. The summed E-state index contributed by atoms with van der Waals surface area (Å²) in [6, 6.07) is 24.5. The van der Waals surface area contributed by atoms with Gasteiger partial charge in [0, 0.05) is 17.9 Å². The predicted molar refractivity (Wildman–Crippen MR) is 138 cm³/mol. The maximum absolute atomic E-state index is 11.6. The van der Waals surface area contributed by atoms with Gasteiger partial charge in [0.05, 0.1) is 10.8 Å². The Morgan fingerprint density at radius 2 is 1.74 bits per heavy atom. The van der Waals surface area contributed by atoms with Gasteiger partial charge in [0.2, 0.25) is 0 Å². The summed E-state index contributed by atoms with van der Waals surface area (Å²) in [5.74, 6) is 1.67. The van der Waals surface area contributed by atoms with Crippen molar-refractivity contribution >= 4 is 17.7 Å². The number of ether oxygens (including phenoxy) is 1. The largest absolute Gasteiger partial charge is 0.489 e. The molecule has 2 heterocycles. The lowest BCUT2D eigenvalue weighted by atomic mass is 9.90. The summed E-state index contributed by atoms with van der Waals surface area (Å²) in [5, 5.41) is 9.62. The number of carboxylic acids is 1. The molecular weight excluding hydrogens is 442 g/mol. The van der Waals surface area contributed by atoms with E-state index < -0.39 is 5.97 Å². The van der Waals surface area contributed by atoms with E-state index in [0.717, 1.165) is 42.6 Å². The Bertz CT molecular complexity index is 1130. The minimum absolute atomic E-state index is 0.0728. The molecule has 176 valence electrons. The van der Waals surface area contributed by atoms with Crippen LogP contribution in [-0.2, 0) is 13.0 Å². The SMILES string of the molecule is O=C(O)c1ccc2c(c1)C(SCCN1CCC(Cc3ccccc3)CC1)c1ccccc1CO2. The average molecular weight is 474 g/mol. The molecule has 0 saturated carbocycles. The molecule has 3 aromatic rings. The van der Waals surface area contributed by atoms with E-state index in [9.17, 15) is 9.90 Å². The molecule has 5 heteroatoms. The van der Waals surface area contributed by atoms with Crippen LogP contribution in [-0.4, -0.2) is 41.4 Å². The number of carboxylic acid groups (broad SMARTS) is 1. The van der Waals surface area contributed by atoms with Crippen molar-refractivity contribution in [1.29, 1.82) is 0 Å². The fourth-order valence-corrected chi connectivity index (χ4v) is 6.48. The van der Waals surface area contributed by atoms with Crippen molar-refractivity contribution in [2.24, 2.45) is 5.92 Å².